The lowest BCUT2D eigenvalue weighted by molar-refractivity contribution is 0.173. The summed E-state index contributed by atoms with van der Waals surface area (Å²) in [6.45, 7) is 0.652. The second-order valence-electron chi connectivity index (χ2n) is 3.55. The highest BCUT2D eigenvalue weighted by atomic mass is 32.1. The van der Waals surface area contributed by atoms with Crippen LogP contribution in [0.25, 0.3) is 0 Å². The maximum atomic E-state index is 5.62. The molecule has 0 fully saturated rings. The van der Waals surface area contributed by atoms with Crippen molar-refractivity contribution in [3.8, 4) is 17.2 Å². The fourth-order valence-electron chi connectivity index (χ4n) is 1.52. The van der Waals surface area contributed by atoms with E-state index < -0.39 is 0 Å². The van der Waals surface area contributed by atoms with Crippen LogP contribution in [-0.4, -0.2) is 24.0 Å². The molecule has 1 N–H and O–H groups in total. The van der Waals surface area contributed by atoms with Gasteiger partial charge in [0.05, 0.1) is 0 Å². The molecule has 18 heavy (non-hydrogen) atoms. The monoisotopic (exact) mass is 265 g/mol. The summed E-state index contributed by atoms with van der Waals surface area (Å²) in [5, 5.41) is 12.5. The zero-order valence-electron chi connectivity index (χ0n) is 9.67. The zero-order chi connectivity index (χ0) is 12.4. The average molecular weight is 265 g/mol. The van der Waals surface area contributed by atoms with E-state index in [4.69, 9.17) is 14.2 Å². The Kier molecular flexibility index (Phi) is 2.89. The third-order valence-corrected chi connectivity index (χ3v) is 3.30. The van der Waals surface area contributed by atoms with E-state index in [0.29, 0.717) is 12.4 Å². The lowest BCUT2D eigenvalue weighted by Gasteiger charge is -2.04. The maximum absolute atomic E-state index is 5.62. The third kappa shape index (κ3) is 2.17. The van der Waals surface area contributed by atoms with Gasteiger partial charge in [0.15, 0.2) is 16.5 Å². The molecular weight excluding hydrogens is 254 g/mol. The zero-order valence-corrected chi connectivity index (χ0v) is 10.5. The molecule has 0 spiro atoms. The highest BCUT2D eigenvalue weighted by Gasteiger charge is 2.14. The molecule has 0 unspecified atom stereocenters. The summed E-state index contributed by atoms with van der Waals surface area (Å²) < 4.78 is 16.1. The summed E-state index contributed by atoms with van der Waals surface area (Å²) in [7, 11) is 1.81. The molecule has 0 bridgehead atoms. The summed E-state index contributed by atoms with van der Waals surface area (Å²) in [6, 6.07) is 5.48. The van der Waals surface area contributed by atoms with Gasteiger partial charge in [0.1, 0.15) is 12.4 Å². The van der Waals surface area contributed by atoms with Gasteiger partial charge >= 0.3 is 0 Å². The predicted molar refractivity (Wildman–Crippen MR) is 66.4 cm³/mol. The standard InChI is InChI=1S/C11H11N3O3S/c1-12-11-14-13-10(18-11)5-15-7-2-3-8-9(4-7)17-6-16-8/h2-4H,5-6H2,1H3,(H,12,14). The summed E-state index contributed by atoms with van der Waals surface area (Å²) in [6.07, 6.45) is 0. The first kappa shape index (κ1) is 11.1. The van der Waals surface area contributed by atoms with E-state index in [9.17, 15) is 0 Å². The van der Waals surface area contributed by atoms with E-state index in [1.165, 1.54) is 11.3 Å². The molecule has 0 aliphatic carbocycles. The van der Waals surface area contributed by atoms with Gasteiger partial charge in [-0.2, -0.15) is 0 Å². The molecule has 0 amide bonds. The van der Waals surface area contributed by atoms with Crippen molar-refractivity contribution in [2.45, 2.75) is 6.61 Å². The molecule has 2 aromatic rings. The highest BCUT2D eigenvalue weighted by Crippen LogP contribution is 2.35. The minimum atomic E-state index is 0.265. The molecule has 0 saturated carbocycles. The Morgan fingerprint density at radius 3 is 3.06 bits per heavy atom. The molecule has 0 saturated heterocycles. The van der Waals surface area contributed by atoms with E-state index in [0.717, 1.165) is 21.6 Å². The molecule has 7 heteroatoms. The van der Waals surface area contributed by atoms with Crippen molar-refractivity contribution in [1.82, 2.24) is 10.2 Å². The number of ether oxygens (including phenoxy) is 3. The smallest absolute Gasteiger partial charge is 0.231 e. The molecule has 1 aliphatic rings. The van der Waals surface area contributed by atoms with E-state index in [1.54, 1.807) is 0 Å². The van der Waals surface area contributed by atoms with Gasteiger partial charge in [-0.05, 0) is 12.1 Å². The van der Waals surface area contributed by atoms with E-state index >= 15 is 0 Å². The van der Waals surface area contributed by atoms with Crippen molar-refractivity contribution in [1.29, 1.82) is 0 Å². The van der Waals surface area contributed by atoms with Crippen LogP contribution in [0.5, 0.6) is 17.2 Å². The predicted octanol–water partition coefficient (Wildman–Crippen LogP) is 1.89. The van der Waals surface area contributed by atoms with Crippen LogP contribution in [0.15, 0.2) is 18.2 Å². The number of hydrogen-bond donors (Lipinski definition) is 1. The minimum Gasteiger partial charge on any atom is -0.486 e. The molecular formula is C11H11N3O3S. The summed E-state index contributed by atoms with van der Waals surface area (Å²) in [5.41, 5.74) is 0. The van der Waals surface area contributed by atoms with Crippen LogP contribution in [0.4, 0.5) is 5.13 Å². The normalized spacial score (nSPS) is 12.5. The Morgan fingerprint density at radius 1 is 1.33 bits per heavy atom. The van der Waals surface area contributed by atoms with Gasteiger partial charge in [0.2, 0.25) is 11.9 Å². The number of nitrogens with one attached hydrogen (secondary N) is 1. The molecule has 0 atom stereocenters. The van der Waals surface area contributed by atoms with Gasteiger partial charge in [0.25, 0.3) is 0 Å². The van der Waals surface area contributed by atoms with Crippen molar-refractivity contribution in [2.75, 3.05) is 19.2 Å². The summed E-state index contributed by atoms with van der Waals surface area (Å²) in [5.74, 6) is 2.18. The van der Waals surface area contributed by atoms with Crippen molar-refractivity contribution >= 4 is 16.5 Å². The summed E-state index contributed by atoms with van der Waals surface area (Å²) >= 11 is 1.46. The first-order valence-corrected chi connectivity index (χ1v) is 6.19. The van der Waals surface area contributed by atoms with Crippen molar-refractivity contribution < 1.29 is 14.2 Å². The topological polar surface area (TPSA) is 65.5 Å². The first-order valence-electron chi connectivity index (χ1n) is 5.38. The Hall–Kier alpha value is -2.02. The Balaban J connectivity index is 1.66. The number of rotatable bonds is 4. The molecule has 1 aliphatic heterocycles. The molecule has 0 radical (unpaired) electrons. The number of fused-ring (bicyclic) bond motifs is 1. The van der Waals surface area contributed by atoms with Crippen LogP contribution in [0.1, 0.15) is 5.01 Å². The maximum Gasteiger partial charge on any atom is 0.231 e. The SMILES string of the molecule is CNc1nnc(COc2ccc3c(c2)OCO3)s1. The van der Waals surface area contributed by atoms with Gasteiger partial charge in [-0.25, -0.2) is 0 Å². The van der Waals surface area contributed by atoms with Crippen LogP contribution >= 0.6 is 11.3 Å². The molecule has 1 aromatic heterocycles. The van der Waals surface area contributed by atoms with Gasteiger partial charge in [-0.3, -0.25) is 0 Å². The Morgan fingerprint density at radius 2 is 2.22 bits per heavy atom. The third-order valence-electron chi connectivity index (χ3n) is 2.39. The van der Waals surface area contributed by atoms with E-state index in [1.807, 2.05) is 25.2 Å². The van der Waals surface area contributed by atoms with E-state index in [-0.39, 0.29) is 6.79 Å². The van der Waals surface area contributed by atoms with Crippen LogP contribution in [0.3, 0.4) is 0 Å². The van der Waals surface area contributed by atoms with Gasteiger partial charge in [-0.15, -0.1) is 10.2 Å². The Labute approximate surface area is 108 Å². The average Bonchev–Trinajstić information content (AvgIpc) is 3.04. The van der Waals surface area contributed by atoms with Crippen molar-refractivity contribution in [3.05, 3.63) is 23.2 Å². The highest BCUT2D eigenvalue weighted by molar-refractivity contribution is 7.15. The second-order valence-corrected chi connectivity index (χ2v) is 4.62. The molecule has 1 aromatic carbocycles. The molecule has 6 nitrogen and oxygen atoms in total. The molecule has 3 rings (SSSR count). The lowest BCUT2D eigenvalue weighted by Crippen LogP contribution is -1.94. The van der Waals surface area contributed by atoms with Crippen LogP contribution in [0.2, 0.25) is 0 Å². The van der Waals surface area contributed by atoms with Crippen molar-refractivity contribution in [3.63, 3.8) is 0 Å². The number of aromatic nitrogens is 2. The number of anilines is 1. The first-order chi connectivity index (χ1) is 8.85. The van der Waals surface area contributed by atoms with Crippen molar-refractivity contribution in [2.24, 2.45) is 0 Å². The van der Waals surface area contributed by atoms with Gasteiger partial charge in [0, 0.05) is 13.1 Å². The second kappa shape index (κ2) is 4.69. The fourth-order valence-corrected chi connectivity index (χ4v) is 2.13. The fraction of sp³-hybridized carbons (Fsp3) is 0.273. The van der Waals surface area contributed by atoms with Gasteiger partial charge < -0.3 is 19.5 Å². The molecule has 2 heterocycles. The summed E-state index contributed by atoms with van der Waals surface area (Å²) in [4.78, 5) is 0. The number of nitrogens with zero attached hydrogens (tertiary/aromatic N) is 2. The van der Waals surface area contributed by atoms with Crippen LogP contribution in [-0.2, 0) is 6.61 Å². The van der Waals surface area contributed by atoms with E-state index in [2.05, 4.69) is 15.5 Å². The molecule has 94 valence electrons. The van der Waals surface area contributed by atoms with Gasteiger partial charge in [-0.1, -0.05) is 11.3 Å². The number of hydrogen-bond acceptors (Lipinski definition) is 7. The quantitative estimate of drug-likeness (QED) is 0.910. The minimum absolute atomic E-state index is 0.265. The lowest BCUT2D eigenvalue weighted by atomic mass is 10.3. The largest absolute Gasteiger partial charge is 0.486 e. The van der Waals surface area contributed by atoms with Crippen LogP contribution in [0, 0.1) is 0 Å². The Bertz CT molecular complexity index is 558. The van der Waals surface area contributed by atoms with Crippen LogP contribution < -0.4 is 19.5 Å². The number of benzene rings is 1.